The quantitative estimate of drug-likeness (QED) is 0.878. The first-order valence-corrected chi connectivity index (χ1v) is 7.30. The number of rotatable bonds is 5. The number of alkyl carbamates (subject to hydrolysis) is 1. The highest BCUT2D eigenvalue weighted by Gasteiger charge is 2.18. The monoisotopic (exact) mass is 269 g/mol. The number of hydrogen-bond donors (Lipinski definition) is 1. The second kappa shape index (κ2) is 6.78. The standard InChI is InChI=1S/C14H23NO2S/c1-5-11(8-9-12-7-6-10-18-12)15-13(16)17-14(2,3)4/h6-7,10-11H,5,8-9H2,1-4H3,(H,15,16). The Kier molecular flexibility index (Phi) is 5.66. The SMILES string of the molecule is CCC(CCc1cccs1)NC(=O)OC(C)(C)C. The van der Waals surface area contributed by atoms with Crippen LogP contribution in [0.3, 0.4) is 0 Å². The average Bonchev–Trinajstić information content (AvgIpc) is 2.74. The molecular weight excluding hydrogens is 246 g/mol. The molecule has 0 aliphatic heterocycles. The molecular formula is C14H23NO2S. The molecule has 4 heteroatoms. The number of carbonyl (C=O) groups excluding carboxylic acids is 1. The molecule has 0 aliphatic rings. The third-order valence-corrected chi connectivity index (χ3v) is 3.47. The van der Waals surface area contributed by atoms with Gasteiger partial charge in [-0.2, -0.15) is 0 Å². The zero-order chi connectivity index (χ0) is 13.6. The first-order valence-electron chi connectivity index (χ1n) is 6.42. The summed E-state index contributed by atoms with van der Waals surface area (Å²) in [6.07, 6.45) is 2.56. The number of hydrogen-bond acceptors (Lipinski definition) is 3. The van der Waals surface area contributed by atoms with E-state index in [1.54, 1.807) is 11.3 Å². The molecule has 1 rings (SSSR count). The van der Waals surface area contributed by atoms with E-state index in [1.807, 2.05) is 20.8 Å². The van der Waals surface area contributed by atoms with E-state index in [9.17, 15) is 4.79 Å². The van der Waals surface area contributed by atoms with Crippen molar-refractivity contribution in [3.05, 3.63) is 22.4 Å². The van der Waals surface area contributed by atoms with Gasteiger partial charge in [-0.1, -0.05) is 13.0 Å². The van der Waals surface area contributed by atoms with Crippen LogP contribution in [-0.4, -0.2) is 17.7 Å². The molecule has 0 saturated heterocycles. The predicted octanol–water partition coefficient (Wildman–Crippen LogP) is 3.98. The number of aryl methyl sites for hydroxylation is 1. The summed E-state index contributed by atoms with van der Waals surface area (Å²) in [4.78, 5) is 13.0. The highest BCUT2D eigenvalue weighted by molar-refractivity contribution is 7.09. The van der Waals surface area contributed by atoms with Crippen molar-refractivity contribution < 1.29 is 9.53 Å². The van der Waals surface area contributed by atoms with Gasteiger partial charge < -0.3 is 10.1 Å². The number of nitrogens with one attached hydrogen (secondary N) is 1. The van der Waals surface area contributed by atoms with Gasteiger partial charge in [0.1, 0.15) is 5.60 Å². The normalized spacial score (nSPS) is 13.1. The fraction of sp³-hybridized carbons (Fsp3) is 0.643. The number of carbonyl (C=O) groups is 1. The van der Waals surface area contributed by atoms with E-state index in [4.69, 9.17) is 4.74 Å². The van der Waals surface area contributed by atoms with Crippen LogP contribution < -0.4 is 5.32 Å². The summed E-state index contributed by atoms with van der Waals surface area (Å²) in [6, 6.07) is 4.37. The fourth-order valence-electron chi connectivity index (χ4n) is 1.62. The Morgan fingerprint density at radius 3 is 2.72 bits per heavy atom. The topological polar surface area (TPSA) is 38.3 Å². The van der Waals surface area contributed by atoms with E-state index in [-0.39, 0.29) is 12.1 Å². The van der Waals surface area contributed by atoms with Crippen molar-refractivity contribution in [1.82, 2.24) is 5.32 Å². The van der Waals surface area contributed by atoms with Gasteiger partial charge in [-0.3, -0.25) is 0 Å². The summed E-state index contributed by atoms with van der Waals surface area (Å²) >= 11 is 1.76. The molecule has 1 aromatic rings. The van der Waals surface area contributed by atoms with Crippen LogP contribution in [0, 0.1) is 0 Å². The largest absolute Gasteiger partial charge is 0.444 e. The molecule has 1 atom stereocenters. The molecule has 0 spiro atoms. The van der Waals surface area contributed by atoms with Gasteiger partial charge in [0.2, 0.25) is 0 Å². The summed E-state index contributed by atoms with van der Waals surface area (Å²) in [5.41, 5.74) is -0.434. The number of thiophene rings is 1. The molecule has 3 nitrogen and oxygen atoms in total. The van der Waals surface area contributed by atoms with E-state index < -0.39 is 5.60 Å². The van der Waals surface area contributed by atoms with Gasteiger partial charge in [-0.05, 0) is 51.5 Å². The lowest BCUT2D eigenvalue weighted by molar-refractivity contribution is 0.0500. The predicted molar refractivity (Wildman–Crippen MR) is 76.1 cm³/mol. The Morgan fingerprint density at radius 2 is 2.22 bits per heavy atom. The lowest BCUT2D eigenvalue weighted by Gasteiger charge is -2.23. The zero-order valence-corrected chi connectivity index (χ0v) is 12.5. The van der Waals surface area contributed by atoms with Gasteiger partial charge in [-0.15, -0.1) is 11.3 Å². The highest BCUT2D eigenvalue weighted by atomic mass is 32.1. The molecule has 1 N–H and O–H groups in total. The van der Waals surface area contributed by atoms with Crippen molar-refractivity contribution in [1.29, 1.82) is 0 Å². The fourth-order valence-corrected chi connectivity index (χ4v) is 2.35. The van der Waals surface area contributed by atoms with Crippen LogP contribution in [0.15, 0.2) is 17.5 Å². The van der Waals surface area contributed by atoms with Crippen LogP contribution in [0.5, 0.6) is 0 Å². The Labute approximate surface area is 114 Å². The molecule has 1 heterocycles. The average molecular weight is 269 g/mol. The molecule has 1 amide bonds. The summed E-state index contributed by atoms with van der Waals surface area (Å²) in [7, 11) is 0. The minimum Gasteiger partial charge on any atom is -0.444 e. The van der Waals surface area contributed by atoms with Crippen LogP contribution in [0.25, 0.3) is 0 Å². The molecule has 0 aliphatic carbocycles. The zero-order valence-electron chi connectivity index (χ0n) is 11.7. The number of ether oxygens (including phenoxy) is 1. The Bertz CT molecular complexity index is 354. The summed E-state index contributed by atoms with van der Waals surface area (Å²) in [5, 5.41) is 5.01. The maximum atomic E-state index is 11.7. The first kappa shape index (κ1) is 15.0. The Balaban J connectivity index is 2.35. The van der Waals surface area contributed by atoms with Gasteiger partial charge in [0, 0.05) is 10.9 Å². The van der Waals surface area contributed by atoms with Crippen LogP contribution in [-0.2, 0) is 11.2 Å². The van der Waals surface area contributed by atoms with Gasteiger partial charge >= 0.3 is 6.09 Å². The van der Waals surface area contributed by atoms with Crippen LogP contribution in [0.4, 0.5) is 4.79 Å². The third kappa shape index (κ3) is 6.05. The summed E-state index contributed by atoms with van der Waals surface area (Å²) in [6.45, 7) is 7.70. The van der Waals surface area contributed by atoms with Crippen molar-refractivity contribution >= 4 is 17.4 Å². The van der Waals surface area contributed by atoms with E-state index in [0.717, 1.165) is 19.3 Å². The highest BCUT2D eigenvalue weighted by Crippen LogP contribution is 2.14. The molecule has 102 valence electrons. The molecule has 0 bridgehead atoms. The van der Waals surface area contributed by atoms with Crippen LogP contribution in [0.2, 0.25) is 0 Å². The van der Waals surface area contributed by atoms with Crippen molar-refractivity contribution in [2.24, 2.45) is 0 Å². The second-order valence-corrected chi connectivity index (χ2v) is 6.40. The van der Waals surface area contributed by atoms with Gasteiger partial charge in [0.05, 0.1) is 0 Å². The first-order chi connectivity index (χ1) is 8.40. The smallest absolute Gasteiger partial charge is 0.407 e. The summed E-state index contributed by atoms with van der Waals surface area (Å²) < 4.78 is 5.26. The minimum atomic E-state index is -0.434. The molecule has 0 saturated carbocycles. The summed E-state index contributed by atoms with van der Waals surface area (Å²) in [5.74, 6) is 0. The molecule has 1 aromatic heterocycles. The lowest BCUT2D eigenvalue weighted by atomic mass is 10.1. The van der Waals surface area contributed by atoms with Crippen molar-refractivity contribution in [2.75, 3.05) is 0 Å². The van der Waals surface area contributed by atoms with Gasteiger partial charge in [-0.25, -0.2) is 4.79 Å². The minimum absolute atomic E-state index is 0.182. The molecule has 18 heavy (non-hydrogen) atoms. The van der Waals surface area contributed by atoms with Gasteiger partial charge in [0.25, 0.3) is 0 Å². The maximum absolute atomic E-state index is 11.7. The van der Waals surface area contributed by atoms with Crippen molar-refractivity contribution in [2.45, 2.75) is 58.6 Å². The Hall–Kier alpha value is -1.03. The van der Waals surface area contributed by atoms with Crippen molar-refractivity contribution in [3.8, 4) is 0 Å². The van der Waals surface area contributed by atoms with Crippen LogP contribution >= 0.6 is 11.3 Å². The van der Waals surface area contributed by atoms with Crippen molar-refractivity contribution in [3.63, 3.8) is 0 Å². The number of amides is 1. The second-order valence-electron chi connectivity index (χ2n) is 5.37. The van der Waals surface area contributed by atoms with Crippen LogP contribution in [0.1, 0.15) is 45.4 Å². The lowest BCUT2D eigenvalue weighted by Crippen LogP contribution is -2.39. The van der Waals surface area contributed by atoms with E-state index in [2.05, 4.69) is 29.8 Å². The third-order valence-electron chi connectivity index (χ3n) is 2.53. The maximum Gasteiger partial charge on any atom is 0.407 e. The molecule has 0 aromatic carbocycles. The Morgan fingerprint density at radius 1 is 1.50 bits per heavy atom. The van der Waals surface area contributed by atoms with E-state index >= 15 is 0 Å². The van der Waals surface area contributed by atoms with E-state index in [1.165, 1.54) is 4.88 Å². The molecule has 0 fully saturated rings. The van der Waals surface area contributed by atoms with Gasteiger partial charge in [0.15, 0.2) is 0 Å². The molecule has 1 unspecified atom stereocenters. The molecule has 0 radical (unpaired) electrons. The van der Waals surface area contributed by atoms with E-state index in [0.29, 0.717) is 0 Å².